The van der Waals surface area contributed by atoms with E-state index in [4.69, 9.17) is 28.4 Å². The highest BCUT2D eigenvalue weighted by Crippen LogP contribution is 2.72. The van der Waals surface area contributed by atoms with Gasteiger partial charge in [0.1, 0.15) is 23.9 Å². The van der Waals surface area contributed by atoms with E-state index in [1.807, 2.05) is 0 Å². The minimum atomic E-state index is -2.31. The highest BCUT2D eigenvalue weighted by atomic mass is 16.6. The summed E-state index contributed by atoms with van der Waals surface area (Å²) in [4.78, 5) is 80.4. The number of aliphatic hydroxyl groups is 2. The number of allylic oxidation sites excluding steroid dienone is 3. The molecule has 11 atom stereocenters. The zero-order chi connectivity index (χ0) is 38.2. The van der Waals surface area contributed by atoms with Crippen molar-refractivity contribution in [2.45, 2.75) is 117 Å². The van der Waals surface area contributed by atoms with Gasteiger partial charge in [-0.05, 0) is 70.8 Å². The Morgan fingerprint density at radius 3 is 2.29 bits per heavy atom. The second-order valence-electron chi connectivity index (χ2n) is 16.3. The van der Waals surface area contributed by atoms with Crippen LogP contribution in [0, 0.1) is 34.5 Å². The standard InChI is InChI=1S/C36H49NO14/c1-15(2)11-21(39)49-25-27-35-14-47-36(27,31(44)46-10)28(41)23(40)26(35)34(9)13-19(38)24(17(5)18(34)12-20(35)48-30(25)43)50-29(42)22(16(3)4)37-32(45)51-33(6,7)8/h11,16,18,20,22-23,25-28,40-41H,12-14H2,1-10H3,(H,37,45)/t18-,20+,22-,23+,25+,26+,27+,28-,34-,35+,36-/m0/s1. The van der Waals surface area contributed by atoms with E-state index in [1.165, 1.54) is 0 Å². The van der Waals surface area contributed by atoms with Crippen LogP contribution in [0.5, 0.6) is 0 Å². The molecule has 5 aliphatic rings. The molecule has 1 spiro atoms. The Balaban J connectivity index is 1.57. The van der Waals surface area contributed by atoms with Gasteiger partial charge >= 0.3 is 30.0 Å². The van der Waals surface area contributed by atoms with Gasteiger partial charge in [0, 0.05) is 23.8 Å². The van der Waals surface area contributed by atoms with E-state index in [-0.39, 0.29) is 25.2 Å². The number of hydrogen-bond donors (Lipinski definition) is 3. The lowest BCUT2D eigenvalue weighted by Crippen LogP contribution is -2.79. The van der Waals surface area contributed by atoms with Crippen LogP contribution in [-0.4, -0.2) is 101 Å². The summed E-state index contributed by atoms with van der Waals surface area (Å²) < 4.78 is 33.9. The molecule has 0 aromatic rings. The van der Waals surface area contributed by atoms with E-state index >= 15 is 0 Å². The first-order valence-electron chi connectivity index (χ1n) is 17.2. The van der Waals surface area contributed by atoms with E-state index in [0.717, 1.165) is 13.2 Å². The highest BCUT2D eigenvalue weighted by Gasteiger charge is 2.85. The predicted octanol–water partition coefficient (Wildman–Crippen LogP) is 2.05. The lowest BCUT2D eigenvalue weighted by molar-refractivity contribution is -0.290. The lowest BCUT2D eigenvalue weighted by atomic mass is 9.38. The van der Waals surface area contributed by atoms with Gasteiger partial charge in [-0.25, -0.2) is 24.0 Å². The molecule has 2 saturated heterocycles. The Morgan fingerprint density at radius 1 is 1.08 bits per heavy atom. The summed E-state index contributed by atoms with van der Waals surface area (Å²) in [6.07, 6.45) is -6.34. The molecule has 3 N–H and O–H groups in total. The van der Waals surface area contributed by atoms with Crippen LogP contribution in [0.3, 0.4) is 0 Å². The maximum absolute atomic E-state index is 14.0. The molecule has 15 nitrogen and oxygen atoms in total. The van der Waals surface area contributed by atoms with E-state index in [9.17, 15) is 39.0 Å². The van der Waals surface area contributed by atoms with E-state index in [0.29, 0.717) is 11.1 Å². The van der Waals surface area contributed by atoms with Gasteiger partial charge in [0.2, 0.25) is 11.7 Å². The third-order valence-corrected chi connectivity index (χ3v) is 11.3. The Morgan fingerprint density at radius 2 is 1.73 bits per heavy atom. The second kappa shape index (κ2) is 13.0. The van der Waals surface area contributed by atoms with Crippen molar-refractivity contribution in [1.82, 2.24) is 5.32 Å². The number of esters is 4. The SMILES string of the molecule is COC(=O)[C@@]12OC[C@]34[C@H]([C@@H](O)[C@@H]1O)[C@@]1(C)CC(=O)C(OC(=O)[C@@H](NC(=O)OC(C)(C)C)C(C)C)=C(C)[C@@H]1C[C@H]3OC(=O)[C@H](OC(=O)C=C(C)C)[C@@H]24. The average Bonchev–Trinajstić information content (AvgIpc) is 3.31. The quantitative estimate of drug-likeness (QED) is 0.195. The summed E-state index contributed by atoms with van der Waals surface area (Å²) in [5.74, 6) is -8.14. The molecule has 51 heavy (non-hydrogen) atoms. The molecule has 1 amide bonds. The molecule has 0 aromatic carbocycles. The number of amides is 1. The number of rotatable bonds is 7. The normalized spacial score (nSPS) is 37.3. The lowest BCUT2D eigenvalue weighted by Gasteiger charge is -2.67. The molecule has 0 radical (unpaired) electrons. The number of ketones is 1. The van der Waals surface area contributed by atoms with Crippen molar-refractivity contribution in [2.24, 2.45) is 34.5 Å². The monoisotopic (exact) mass is 719 g/mol. The van der Waals surface area contributed by atoms with Crippen LogP contribution in [0.15, 0.2) is 23.0 Å². The molecule has 2 saturated carbocycles. The van der Waals surface area contributed by atoms with Gasteiger partial charge in [0.05, 0.1) is 25.7 Å². The van der Waals surface area contributed by atoms with Crippen LogP contribution in [0.4, 0.5) is 4.79 Å². The Kier molecular flexibility index (Phi) is 9.79. The number of hydrogen-bond acceptors (Lipinski definition) is 14. The summed E-state index contributed by atoms with van der Waals surface area (Å²) in [7, 11) is 1.07. The van der Waals surface area contributed by atoms with Gasteiger partial charge in [-0.1, -0.05) is 26.3 Å². The van der Waals surface area contributed by atoms with Crippen molar-refractivity contribution in [3.8, 4) is 0 Å². The molecular weight excluding hydrogens is 670 g/mol. The fraction of sp³-hybridized carbons (Fsp3) is 0.722. The molecule has 2 bridgehead atoms. The third-order valence-electron chi connectivity index (χ3n) is 11.3. The van der Waals surface area contributed by atoms with Crippen molar-refractivity contribution in [1.29, 1.82) is 0 Å². The smallest absolute Gasteiger partial charge is 0.408 e. The highest BCUT2D eigenvalue weighted by molar-refractivity contribution is 5.99. The molecule has 3 aliphatic carbocycles. The maximum Gasteiger partial charge on any atom is 0.408 e. The van der Waals surface area contributed by atoms with Gasteiger partial charge in [0.15, 0.2) is 11.5 Å². The number of carbonyl (C=O) groups excluding carboxylic acids is 6. The summed E-state index contributed by atoms with van der Waals surface area (Å²) in [6, 6.07) is -1.17. The molecular formula is C36H49NO14. The van der Waals surface area contributed by atoms with E-state index < -0.39 is 112 Å². The number of fused-ring (bicyclic) bond motifs is 2. The van der Waals surface area contributed by atoms with E-state index in [1.54, 1.807) is 62.3 Å². The first-order chi connectivity index (χ1) is 23.6. The molecule has 2 aliphatic heterocycles. The van der Waals surface area contributed by atoms with Crippen molar-refractivity contribution >= 4 is 35.8 Å². The van der Waals surface area contributed by atoms with Crippen LogP contribution in [-0.2, 0) is 52.4 Å². The number of aliphatic hydroxyl groups excluding tert-OH is 2. The maximum atomic E-state index is 14.0. The summed E-state index contributed by atoms with van der Waals surface area (Å²) in [6.45, 7) is 14.8. The third kappa shape index (κ3) is 5.94. The molecule has 5 rings (SSSR count). The summed E-state index contributed by atoms with van der Waals surface area (Å²) in [5.41, 5.74) is -4.81. The number of Topliss-reactive ketones (excluding diaryl/α,β-unsaturated/α-hetero) is 1. The molecule has 0 unspecified atom stereocenters. The van der Waals surface area contributed by atoms with Crippen molar-refractivity contribution in [3.05, 3.63) is 23.0 Å². The molecule has 15 heteroatoms. The fourth-order valence-electron chi connectivity index (χ4n) is 9.47. The fourth-order valence-corrected chi connectivity index (χ4v) is 9.47. The van der Waals surface area contributed by atoms with Crippen LogP contribution < -0.4 is 5.32 Å². The van der Waals surface area contributed by atoms with Crippen LogP contribution in [0.25, 0.3) is 0 Å². The Hall–Kier alpha value is -3.82. The van der Waals surface area contributed by atoms with Crippen molar-refractivity contribution in [3.63, 3.8) is 0 Å². The number of carbonyl (C=O) groups is 6. The first-order valence-corrected chi connectivity index (χ1v) is 17.2. The van der Waals surface area contributed by atoms with Gasteiger partial charge < -0.3 is 44.0 Å². The predicted molar refractivity (Wildman–Crippen MR) is 174 cm³/mol. The molecule has 282 valence electrons. The Labute approximate surface area is 296 Å². The number of ether oxygens (including phenoxy) is 6. The minimum absolute atomic E-state index is 0.0528. The second-order valence-corrected chi connectivity index (χ2v) is 16.3. The van der Waals surface area contributed by atoms with Crippen molar-refractivity contribution in [2.75, 3.05) is 13.7 Å². The topological polar surface area (TPSA) is 210 Å². The number of nitrogens with one attached hydrogen (secondary N) is 1. The molecule has 2 heterocycles. The zero-order valence-corrected chi connectivity index (χ0v) is 30.7. The van der Waals surface area contributed by atoms with Gasteiger partial charge in [-0.15, -0.1) is 0 Å². The van der Waals surface area contributed by atoms with Crippen LogP contribution in [0.1, 0.15) is 75.2 Å². The van der Waals surface area contributed by atoms with Gasteiger partial charge in [0.25, 0.3) is 0 Å². The average molecular weight is 720 g/mol. The summed E-state index contributed by atoms with van der Waals surface area (Å²) >= 11 is 0. The van der Waals surface area contributed by atoms with Crippen LogP contribution >= 0.6 is 0 Å². The summed E-state index contributed by atoms with van der Waals surface area (Å²) in [5, 5.41) is 26.3. The van der Waals surface area contributed by atoms with Crippen LogP contribution in [0.2, 0.25) is 0 Å². The molecule has 4 fully saturated rings. The first kappa shape index (κ1) is 38.4. The van der Waals surface area contributed by atoms with Gasteiger partial charge in [-0.3, -0.25) is 4.79 Å². The van der Waals surface area contributed by atoms with Crippen molar-refractivity contribution < 1.29 is 67.4 Å². The molecule has 0 aromatic heterocycles. The zero-order valence-electron chi connectivity index (χ0n) is 30.7. The largest absolute Gasteiger partial charge is 0.467 e. The Bertz CT molecular complexity index is 1590. The minimum Gasteiger partial charge on any atom is -0.467 e. The number of alkyl carbamates (subject to hydrolysis) is 1. The van der Waals surface area contributed by atoms with Gasteiger partial charge in [-0.2, -0.15) is 0 Å². The van der Waals surface area contributed by atoms with E-state index in [2.05, 4.69) is 5.32 Å². The number of methoxy groups -OCH3 is 1.